The van der Waals surface area contributed by atoms with E-state index in [1.54, 1.807) is 44.2 Å². The molecule has 12 nitrogen and oxygen atoms in total. The number of benzene rings is 1. The summed E-state index contributed by atoms with van der Waals surface area (Å²) in [5.41, 5.74) is 0.735. The Hall–Kier alpha value is -3.96. The fraction of sp³-hybridized carbons (Fsp3) is 0.478. The summed E-state index contributed by atoms with van der Waals surface area (Å²) in [5, 5.41) is 7.88. The quantitative estimate of drug-likeness (QED) is 0.392. The Morgan fingerprint density at radius 2 is 1.51 bits per heavy atom. The van der Waals surface area contributed by atoms with Crippen molar-refractivity contribution >= 4 is 35.7 Å². The summed E-state index contributed by atoms with van der Waals surface area (Å²) in [6.45, 7) is 4.75. The molecule has 1 saturated heterocycles. The van der Waals surface area contributed by atoms with E-state index in [9.17, 15) is 28.8 Å². The van der Waals surface area contributed by atoms with Crippen LogP contribution < -0.4 is 16.0 Å². The zero-order valence-corrected chi connectivity index (χ0v) is 20.0. The zero-order chi connectivity index (χ0) is 26.1. The van der Waals surface area contributed by atoms with Crippen molar-refractivity contribution in [3.63, 3.8) is 0 Å². The molecule has 1 aliphatic heterocycles. The minimum absolute atomic E-state index is 0.0609. The molecule has 1 aromatic rings. The molecule has 1 aromatic carbocycles. The van der Waals surface area contributed by atoms with Crippen LogP contribution in [0.1, 0.15) is 39.2 Å². The Morgan fingerprint density at radius 1 is 0.914 bits per heavy atom. The van der Waals surface area contributed by atoms with E-state index in [-0.39, 0.29) is 25.2 Å². The Labute approximate surface area is 202 Å². The van der Waals surface area contributed by atoms with Crippen molar-refractivity contribution in [2.45, 2.75) is 58.2 Å². The van der Waals surface area contributed by atoms with E-state index in [1.807, 2.05) is 0 Å². The number of ether oxygens (including phenoxy) is 1. The molecule has 1 fully saturated rings. The van der Waals surface area contributed by atoms with Crippen molar-refractivity contribution in [3.05, 3.63) is 35.9 Å². The van der Waals surface area contributed by atoms with Crippen LogP contribution in [0, 0.1) is 5.92 Å². The lowest BCUT2D eigenvalue weighted by Crippen LogP contribution is -2.57. The molecule has 0 saturated carbocycles. The summed E-state index contributed by atoms with van der Waals surface area (Å²) >= 11 is 0. The first-order valence-electron chi connectivity index (χ1n) is 11.1. The first kappa shape index (κ1) is 27.3. The topological polar surface area (TPSA) is 160 Å². The van der Waals surface area contributed by atoms with Gasteiger partial charge in [0, 0.05) is 19.3 Å². The van der Waals surface area contributed by atoms with Gasteiger partial charge in [0.05, 0.1) is 7.11 Å². The van der Waals surface area contributed by atoms with Gasteiger partial charge >= 0.3 is 12.1 Å². The number of hydrogen-bond acceptors (Lipinski definition) is 8. The van der Waals surface area contributed by atoms with Crippen LogP contribution in [0.5, 0.6) is 0 Å². The van der Waals surface area contributed by atoms with Crippen molar-refractivity contribution in [3.8, 4) is 0 Å². The lowest BCUT2D eigenvalue weighted by molar-refractivity contribution is -0.198. The number of nitrogens with zero attached hydrogens (tertiary/aromatic N) is 1. The number of hydrogen-bond donors (Lipinski definition) is 3. The second-order valence-electron chi connectivity index (χ2n) is 8.33. The van der Waals surface area contributed by atoms with Gasteiger partial charge in [-0.15, -0.1) is 5.06 Å². The molecule has 0 aromatic heterocycles. The minimum atomic E-state index is -1.23. The highest BCUT2D eigenvalue weighted by Crippen LogP contribution is 2.13. The summed E-state index contributed by atoms with van der Waals surface area (Å²) < 4.78 is 4.57. The highest BCUT2D eigenvalue weighted by atomic mass is 16.7. The largest absolute Gasteiger partial charge is 0.453 e. The molecule has 0 aliphatic carbocycles. The van der Waals surface area contributed by atoms with Crippen LogP contribution >= 0.6 is 0 Å². The molecule has 0 radical (unpaired) electrons. The van der Waals surface area contributed by atoms with Crippen molar-refractivity contribution in [1.82, 2.24) is 21.0 Å². The van der Waals surface area contributed by atoms with E-state index in [2.05, 4.69) is 20.7 Å². The normalized spacial score (nSPS) is 15.7. The van der Waals surface area contributed by atoms with Crippen LogP contribution in [0.2, 0.25) is 0 Å². The first-order chi connectivity index (χ1) is 16.5. The van der Waals surface area contributed by atoms with E-state index >= 15 is 0 Å². The Kier molecular flexibility index (Phi) is 9.74. The molecule has 0 bridgehead atoms. The highest BCUT2D eigenvalue weighted by Gasteiger charge is 2.35. The number of amides is 5. The van der Waals surface area contributed by atoms with Gasteiger partial charge in [-0.25, -0.2) is 9.59 Å². The van der Waals surface area contributed by atoms with Gasteiger partial charge in [0.15, 0.2) is 0 Å². The molecule has 3 N–H and O–H groups in total. The number of nitrogens with one attached hydrogen (secondary N) is 3. The van der Waals surface area contributed by atoms with E-state index in [0.717, 1.165) is 5.56 Å². The number of alkyl carbamates (subject to hydrolysis) is 1. The Balaban J connectivity index is 2.13. The average Bonchev–Trinajstić information content (AvgIpc) is 3.14. The Bertz CT molecular complexity index is 950. The predicted octanol–water partition coefficient (Wildman–Crippen LogP) is 0.206. The maximum absolute atomic E-state index is 13.0. The fourth-order valence-corrected chi connectivity index (χ4v) is 3.24. The van der Waals surface area contributed by atoms with Gasteiger partial charge in [-0.3, -0.25) is 19.2 Å². The molecule has 5 amide bonds. The smallest absolute Gasteiger partial charge is 0.407 e. The van der Waals surface area contributed by atoms with Gasteiger partial charge in [0.1, 0.15) is 18.1 Å². The second kappa shape index (κ2) is 12.5. The number of hydroxylamine groups is 2. The molecule has 1 aliphatic rings. The van der Waals surface area contributed by atoms with Crippen LogP contribution in [-0.4, -0.2) is 66.0 Å². The maximum atomic E-state index is 13.0. The van der Waals surface area contributed by atoms with Crippen molar-refractivity contribution in [2.24, 2.45) is 5.92 Å². The standard InChI is InChI=1S/C23H30N4O8/c1-13(2)19(26-23(33)34-4)21(31)25-16(12-15-8-6-5-7-9-15)20(30)24-14(3)22(32)35-27-17(28)10-11-18(27)29/h5-9,13-14,16,19H,10-12H2,1-4H3,(H,24,30)(H,25,31)(H,26,33)/t14-,16-,19-/m0/s1. The summed E-state index contributed by atoms with van der Waals surface area (Å²) in [5.74, 6) is -3.95. The van der Waals surface area contributed by atoms with Gasteiger partial charge in [-0.1, -0.05) is 44.2 Å². The zero-order valence-electron chi connectivity index (χ0n) is 20.0. The van der Waals surface area contributed by atoms with Crippen LogP contribution in [-0.2, 0) is 40.0 Å². The second-order valence-corrected chi connectivity index (χ2v) is 8.33. The summed E-state index contributed by atoms with van der Waals surface area (Å²) in [6.07, 6.45) is -0.833. The lowest BCUT2D eigenvalue weighted by atomic mass is 10.0. The van der Waals surface area contributed by atoms with Gasteiger partial charge in [-0.05, 0) is 18.4 Å². The molecule has 3 atom stereocenters. The SMILES string of the molecule is COC(=O)N[C@H](C(=O)N[C@@H](Cc1ccccc1)C(=O)N[C@@H](C)C(=O)ON1C(=O)CCC1=O)C(C)C. The first-order valence-corrected chi connectivity index (χ1v) is 11.1. The molecule has 1 heterocycles. The van der Waals surface area contributed by atoms with Gasteiger partial charge in [-0.2, -0.15) is 0 Å². The monoisotopic (exact) mass is 490 g/mol. The number of methoxy groups -OCH3 is 1. The Morgan fingerprint density at radius 3 is 2.06 bits per heavy atom. The molecule has 0 unspecified atom stereocenters. The average molecular weight is 491 g/mol. The van der Waals surface area contributed by atoms with Gasteiger partial charge in [0.25, 0.3) is 11.8 Å². The van der Waals surface area contributed by atoms with E-state index in [4.69, 9.17) is 4.84 Å². The molecule has 35 heavy (non-hydrogen) atoms. The van der Waals surface area contributed by atoms with Crippen LogP contribution in [0.4, 0.5) is 4.79 Å². The van der Waals surface area contributed by atoms with Gasteiger partial charge in [0.2, 0.25) is 11.8 Å². The third kappa shape index (κ3) is 7.80. The number of carbonyl (C=O) groups excluding carboxylic acids is 6. The minimum Gasteiger partial charge on any atom is -0.453 e. The molecular weight excluding hydrogens is 460 g/mol. The molecule has 2 rings (SSSR count). The van der Waals surface area contributed by atoms with Crippen molar-refractivity contribution < 1.29 is 38.3 Å². The maximum Gasteiger partial charge on any atom is 0.407 e. The van der Waals surface area contributed by atoms with E-state index in [1.165, 1.54) is 14.0 Å². The summed E-state index contributed by atoms with van der Waals surface area (Å²) in [7, 11) is 1.17. The third-order valence-corrected chi connectivity index (χ3v) is 5.22. The molecule has 0 spiro atoms. The summed E-state index contributed by atoms with van der Waals surface area (Å²) in [6, 6.07) is 5.54. The number of imide groups is 1. The highest BCUT2D eigenvalue weighted by molar-refractivity contribution is 6.02. The third-order valence-electron chi connectivity index (χ3n) is 5.22. The molecule has 190 valence electrons. The van der Waals surface area contributed by atoms with Crippen LogP contribution in [0.15, 0.2) is 30.3 Å². The molecular formula is C23H30N4O8. The van der Waals surface area contributed by atoms with Crippen LogP contribution in [0.3, 0.4) is 0 Å². The van der Waals surface area contributed by atoms with Crippen molar-refractivity contribution in [2.75, 3.05) is 7.11 Å². The van der Waals surface area contributed by atoms with E-state index < -0.39 is 53.8 Å². The van der Waals surface area contributed by atoms with Gasteiger partial charge < -0.3 is 25.5 Å². The van der Waals surface area contributed by atoms with Crippen molar-refractivity contribution in [1.29, 1.82) is 0 Å². The lowest BCUT2D eigenvalue weighted by Gasteiger charge is -2.26. The summed E-state index contributed by atoms with van der Waals surface area (Å²) in [4.78, 5) is 78.1. The fourth-order valence-electron chi connectivity index (χ4n) is 3.24. The van der Waals surface area contributed by atoms with Crippen LogP contribution in [0.25, 0.3) is 0 Å². The predicted molar refractivity (Wildman–Crippen MR) is 121 cm³/mol. The molecule has 12 heteroatoms. The number of carbonyl (C=O) groups is 6. The van der Waals surface area contributed by atoms with E-state index in [0.29, 0.717) is 5.06 Å². The number of rotatable bonds is 10.